The monoisotopic (exact) mass is 281 g/mol. The minimum absolute atomic E-state index is 0.271. The van der Waals surface area contributed by atoms with E-state index in [9.17, 15) is 10.2 Å². The molecule has 0 saturated carbocycles. The molecule has 3 nitrogen and oxygen atoms in total. The lowest BCUT2D eigenvalue weighted by molar-refractivity contribution is 0.475. The molecule has 0 radical (unpaired) electrons. The predicted octanol–water partition coefficient (Wildman–Crippen LogP) is 4.44. The Balaban J connectivity index is 2.32. The Morgan fingerprint density at radius 3 is 2.29 bits per heavy atom. The zero-order valence-corrected chi connectivity index (χ0v) is 12.3. The van der Waals surface area contributed by atoms with E-state index in [-0.39, 0.29) is 11.5 Å². The third kappa shape index (κ3) is 2.25. The summed E-state index contributed by atoms with van der Waals surface area (Å²) in [6.45, 7) is 5.16. The molecule has 1 aromatic heterocycles. The minimum Gasteiger partial charge on any atom is -0.508 e. The predicted molar refractivity (Wildman–Crippen MR) is 85.7 cm³/mol. The van der Waals surface area contributed by atoms with Gasteiger partial charge in [0, 0.05) is 17.4 Å². The number of benzene rings is 2. The molecule has 2 aromatic carbocycles. The number of aromatic hydroxyl groups is 2. The molecule has 0 aliphatic heterocycles. The highest BCUT2D eigenvalue weighted by molar-refractivity contribution is 5.92. The van der Waals surface area contributed by atoms with Gasteiger partial charge < -0.3 is 14.8 Å². The largest absolute Gasteiger partial charge is 0.508 e. The summed E-state index contributed by atoms with van der Waals surface area (Å²) >= 11 is 0. The van der Waals surface area contributed by atoms with Gasteiger partial charge >= 0.3 is 0 Å². The Labute approximate surface area is 124 Å². The first-order chi connectivity index (χ1) is 10.1. The highest BCUT2D eigenvalue weighted by atomic mass is 16.3. The van der Waals surface area contributed by atoms with E-state index in [0.717, 1.165) is 40.7 Å². The molecule has 0 atom stereocenters. The number of phenolic OH excluding ortho intramolecular Hbond substituents is 2. The Hall–Kier alpha value is -2.42. The van der Waals surface area contributed by atoms with Gasteiger partial charge in [-0.25, -0.2) is 0 Å². The van der Waals surface area contributed by atoms with Crippen LogP contribution in [0.2, 0.25) is 0 Å². The summed E-state index contributed by atoms with van der Waals surface area (Å²) in [6, 6.07) is 12.8. The first-order valence-corrected chi connectivity index (χ1v) is 7.23. The van der Waals surface area contributed by atoms with Crippen LogP contribution < -0.4 is 0 Å². The molecule has 1 heterocycles. The van der Waals surface area contributed by atoms with E-state index < -0.39 is 0 Å². The molecule has 3 heteroatoms. The van der Waals surface area contributed by atoms with Crippen LogP contribution in [0.4, 0.5) is 0 Å². The van der Waals surface area contributed by atoms with Crippen molar-refractivity contribution in [1.82, 2.24) is 4.57 Å². The lowest BCUT2D eigenvalue weighted by Crippen LogP contribution is -1.99. The highest BCUT2D eigenvalue weighted by Crippen LogP contribution is 2.35. The first-order valence-electron chi connectivity index (χ1n) is 7.23. The third-order valence-corrected chi connectivity index (χ3v) is 3.89. The van der Waals surface area contributed by atoms with Crippen LogP contribution in [0, 0.1) is 6.92 Å². The van der Waals surface area contributed by atoms with Gasteiger partial charge in [-0.15, -0.1) is 0 Å². The van der Waals surface area contributed by atoms with E-state index in [1.165, 1.54) is 0 Å². The Bertz CT molecular complexity index is 785. The Morgan fingerprint density at radius 2 is 1.62 bits per heavy atom. The molecule has 0 amide bonds. The third-order valence-electron chi connectivity index (χ3n) is 3.89. The molecule has 3 rings (SSSR count). The normalized spacial score (nSPS) is 11.1. The fraction of sp³-hybridized carbons (Fsp3) is 0.222. The summed E-state index contributed by atoms with van der Waals surface area (Å²) in [4.78, 5) is 0. The Morgan fingerprint density at radius 1 is 0.952 bits per heavy atom. The number of hydrogen-bond donors (Lipinski definition) is 2. The molecule has 108 valence electrons. The van der Waals surface area contributed by atoms with Crippen LogP contribution in [0.15, 0.2) is 42.5 Å². The van der Waals surface area contributed by atoms with E-state index in [2.05, 4.69) is 18.4 Å². The van der Waals surface area contributed by atoms with Gasteiger partial charge in [0.2, 0.25) is 0 Å². The lowest BCUT2D eigenvalue weighted by Gasteiger charge is -2.11. The van der Waals surface area contributed by atoms with Gasteiger partial charge in [0.05, 0.1) is 5.69 Å². The number of nitrogens with zero attached hydrogens (tertiary/aromatic N) is 1. The first kappa shape index (κ1) is 13.6. The maximum absolute atomic E-state index is 9.75. The van der Waals surface area contributed by atoms with Crippen molar-refractivity contribution < 1.29 is 10.2 Å². The van der Waals surface area contributed by atoms with Gasteiger partial charge in [-0.05, 0) is 66.9 Å². The molecular formula is C18H19NO2. The van der Waals surface area contributed by atoms with Gasteiger partial charge in [-0.1, -0.05) is 6.92 Å². The van der Waals surface area contributed by atoms with Crippen LogP contribution in [0.25, 0.3) is 22.2 Å². The van der Waals surface area contributed by atoms with E-state index in [1.807, 2.05) is 24.3 Å². The van der Waals surface area contributed by atoms with Crippen molar-refractivity contribution in [1.29, 1.82) is 0 Å². The summed E-state index contributed by atoms with van der Waals surface area (Å²) in [5.41, 5.74) is 4.52. The van der Waals surface area contributed by atoms with Crippen molar-refractivity contribution in [2.75, 3.05) is 0 Å². The topological polar surface area (TPSA) is 45.4 Å². The number of hydrogen-bond acceptors (Lipinski definition) is 2. The van der Waals surface area contributed by atoms with Gasteiger partial charge in [0.15, 0.2) is 0 Å². The van der Waals surface area contributed by atoms with E-state index in [0.29, 0.717) is 0 Å². The van der Waals surface area contributed by atoms with Crippen LogP contribution in [0.1, 0.15) is 18.9 Å². The van der Waals surface area contributed by atoms with E-state index in [4.69, 9.17) is 0 Å². The van der Waals surface area contributed by atoms with Crippen molar-refractivity contribution >= 4 is 10.9 Å². The summed E-state index contributed by atoms with van der Waals surface area (Å²) in [7, 11) is 0. The fourth-order valence-electron chi connectivity index (χ4n) is 2.96. The highest BCUT2D eigenvalue weighted by Gasteiger charge is 2.15. The number of aromatic nitrogens is 1. The molecule has 0 aliphatic carbocycles. The van der Waals surface area contributed by atoms with Gasteiger partial charge in [0.25, 0.3) is 0 Å². The summed E-state index contributed by atoms with van der Waals surface area (Å²) in [5.74, 6) is 0.559. The minimum atomic E-state index is 0.271. The van der Waals surface area contributed by atoms with Crippen LogP contribution in [-0.4, -0.2) is 14.8 Å². The fourth-order valence-corrected chi connectivity index (χ4v) is 2.96. The molecule has 21 heavy (non-hydrogen) atoms. The zero-order chi connectivity index (χ0) is 15.0. The molecule has 3 aromatic rings. The molecule has 0 spiro atoms. The number of fused-ring (bicyclic) bond motifs is 1. The standard InChI is InChI=1S/C18H19NO2/c1-3-10-19-17-9-8-15(21)11-16(17)12(2)18(19)13-4-6-14(20)7-5-13/h4-9,11,20-21H,3,10H2,1-2H3. The average molecular weight is 281 g/mol. The van der Waals surface area contributed by atoms with Crippen LogP contribution >= 0.6 is 0 Å². The summed E-state index contributed by atoms with van der Waals surface area (Å²) < 4.78 is 2.29. The summed E-state index contributed by atoms with van der Waals surface area (Å²) in [5, 5.41) is 20.3. The lowest BCUT2D eigenvalue weighted by atomic mass is 10.1. The molecular weight excluding hydrogens is 262 g/mol. The maximum atomic E-state index is 9.75. The molecule has 2 N–H and O–H groups in total. The molecule has 0 saturated heterocycles. The second-order valence-electron chi connectivity index (χ2n) is 5.37. The van der Waals surface area contributed by atoms with Gasteiger partial charge in [-0.2, -0.15) is 0 Å². The van der Waals surface area contributed by atoms with Gasteiger partial charge in [0.1, 0.15) is 11.5 Å². The van der Waals surface area contributed by atoms with Crippen molar-refractivity contribution in [3.05, 3.63) is 48.0 Å². The van der Waals surface area contributed by atoms with Crippen molar-refractivity contribution in [3.8, 4) is 22.8 Å². The zero-order valence-electron chi connectivity index (χ0n) is 12.3. The van der Waals surface area contributed by atoms with Gasteiger partial charge in [-0.3, -0.25) is 0 Å². The molecule has 0 fully saturated rings. The second kappa shape index (κ2) is 5.17. The average Bonchev–Trinajstić information content (AvgIpc) is 2.73. The van der Waals surface area contributed by atoms with Crippen molar-refractivity contribution in [3.63, 3.8) is 0 Å². The van der Waals surface area contributed by atoms with E-state index in [1.54, 1.807) is 18.2 Å². The Kier molecular flexibility index (Phi) is 3.34. The number of rotatable bonds is 3. The molecule has 0 unspecified atom stereocenters. The maximum Gasteiger partial charge on any atom is 0.116 e. The number of aryl methyl sites for hydroxylation is 2. The van der Waals surface area contributed by atoms with E-state index >= 15 is 0 Å². The second-order valence-corrected chi connectivity index (χ2v) is 5.37. The SMILES string of the molecule is CCCn1c(-c2ccc(O)cc2)c(C)c2cc(O)ccc21. The molecule has 0 bridgehead atoms. The van der Waals surface area contributed by atoms with Crippen LogP contribution in [0.5, 0.6) is 11.5 Å². The summed E-state index contributed by atoms with van der Waals surface area (Å²) in [6.07, 6.45) is 1.04. The smallest absolute Gasteiger partial charge is 0.116 e. The quantitative estimate of drug-likeness (QED) is 0.745. The molecule has 0 aliphatic rings. The van der Waals surface area contributed by atoms with Crippen molar-refractivity contribution in [2.45, 2.75) is 26.8 Å². The van der Waals surface area contributed by atoms with Crippen molar-refractivity contribution in [2.24, 2.45) is 0 Å². The van der Waals surface area contributed by atoms with Crippen LogP contribution in [-0.2, 0) is 6.54 Å². The number of phenols is 2. The van der Waals surface area contributed by atoms with Crippen LogP contribution in [0.3, 0.4) is 0 Å².